The van der Waals surface area contributed by atoms with Crippen LogP contribution in [0.4, 0.5) is 24.5 Å². The normalized spacial score (nSPS) is 16.5. The number of rotatable bonds is 3. The molecule has 174 valence electrons. The van der Waals surface area contributed by atoms with E-state index in [-0.39, 0.29) is 29.2 Å². The van der Waals surface area contributed by atoms with Crippen molar-refractivity contribution in [3.63, 3.8) is 0 Å². The molecule has 0 aromatic heterocycles. The fourth-order valence-electron chi connectivity index (χ4n) is 4.38. The van der Waals surface area contributed by atoms with Gasteiger partial charge >= 0.3 is 6.18 Å². The first kappa shape index (κ1) is 22.8. The minimum absolute atomic E-state index is 0.0110. The minimum Gasteiger partial charge on any atom is -0.339 e. The molecule has 33 heavy (non-hydrogen) atoms. The number of alkyl halides is 3. The lowest BCUT2D eigenvalue weighted by molar-refractivity contribution is -0.137. The first-order chi connectivity index (χ1) is 15.6. The van der Waals surface area contributed by atoms with Gasteiger partial charge in [0, 0.05) is 49.4 Å². The number of hydrogen-bond acceptors (Lipinski definition) is 3. The summed E-state index contributed by atoms with van der Waals surface area (Å²) in [5, 5.41) is 2.93. The zero-order valence-corrected chi connectivity index (χ0v) is 18.1. The molecule has 0 saturated carbocycles. The van der Waals surface area contributed by atoms with Crippen LogP contribution in [0.25, 0.3) is 0 Å². The second-order valence-electron chi connectivity index (χ2n) is 8.39. The van der Waals surface area contributed by atoms with Gasteiger partial charge in [-0.2, -0.15) is 13.2 Å². The molecule has 1 saturated heterocycles. The van der Waals surface area contributed by atoms with Crippen LogP contribution in [-0.2, 0) is 22.2 Å². The first-order valence-corrected chi connectivity index (χ1v) is 10.8. The Morgan fingerprint density at radius 2 is 1.64 bits per heavy atom. The third kappa shape index (κ3) is 4.86. The number of likely N-dealkylation sites (tertiary alicyclic amines) is 1. The van der Waals surface area contributed by atoms with Gasteiger partial charge < -0.3 is 15.1 Å². The van der Waals surface area contributed by atoms with Crippen LogP contribution in [0.15, 0.2) is 42.5 Å². The average Bonchev–Trinajstić information content (AvgIpc) is 3.22. The van der Waals surface area contributed by atoms with E-state index in [2.05, 4.69) is 5.32 Å². The molecule has 1 N–H and O–H groups in total. The fraction of sp³-hybridized carbons (Fsp3) is 0.375. The number of carbonyl (C=O) groups excluding carboxylic acids is 3. The number of benzene rings is 2. The summed E-state index contributed by atoms with van der Waals surface area (Å²) in [5.74, 6) is -0.735. The molecule has 2 aromatic rings. The molecule has 2 heterocycles. The van der Waals surface area contributed by atoms with E-state index < -0.39 is 11.7 Å². The third-order valence-electron chi connectivity index (χ3n) is 6.23. The summed E-state index contributed by atoms with van der Waals surface area (Å²) < 4.78 is 38.1. The van der Waals surface area contributed by atoms with Gasteiger partial charge in [-0.25, -0.2) is 0 Å². The summed E-state index contributed by atoms with van der Waals surface area (Å²) in [5.41, 5.74) is 1.96. The van der Waals surface area contributed by atoms with Gasteiger partial charge in [-0.05, 0) is 67.3 Å². The van der Waals surface area contributed by atoms with E-state index in [9.17, 15) is 27.6 Å². The lowest BCUT2D eigenvalue weighted by Crippen LogP contribution is -2.41. The topological polar surface area (TPSA) is 69.7 Å². The maximum atomic E-state index is 12.7. The van der Waals surface area contributed by atoms with Crippen LogP contribution in [0.2, 0.25) is 0 Å². The minimum atomic E-state index is -4.45. The Balaban J connectivity index is 1.32. The van der Waals surface area contributed by atoms with Crippen LogP contribution < -0.4 is 10.2 Å². The summed E-state index contributed by atoms with van der Waals surface area (Å²) in [6.07, 6.45) is -2.76. The van der Waals surface area contributed by atoms with E-state index >= 15 is 0 Å². The summed E-state index contributed by atoms with van der Waals surface area (Å²) in [6, 6.07) is 9.68. The highest BCUT2D eigenvalue weighted by Gasteiger charge is 2.32. The highest BCUT2D eigenvalue weighted by atomic mass is 19.4. The molecule has 2 aromatic carbocycles. The van der Waals surface area contributed by atoms with Crippen molar-refractivity contribution < 1.29 is 27.6 Å². The summed E-state index contributed by atoms with van der Waals surface area (Å²) in [4.78, 5) is 40.3. The van der Waals surface area contributed by atoms with E-state index in [0.29, 0.717) is 38.2 Å². The molecule has 0 radical (unpaired) electrons. The molecule has 4 rings (SSSR count). The van der Waals surface area contributed by atoms with Gasteiger partial charge in [-0.3, -0.25) is 14.4 Å². The van der Waals surface area contributed by atoms with E-state index in [1.807, 2.05) is 12.1 Å². The zero-order valence-electron chi connectivity index (χ0n) is 18.1. The Labute approximate surface area is 189 Å². The molecule has 2 aliphatic heterocycles. The van der Waals surface area contributed by atoms with Gasteiger partial charge in [-0.1, -0.05) is 0 Å². The van der Waals surface area contributed by atoms with Gasteiger partial charge in [0.15, 0.2) is 0 Å². The van der Waals surface area contributed by atoms with Crippen molar-refractivity contribution in [2.45, 2.75) is 32.4 Å². The number of anilines is 2. The van der Waals surface area contributed by atoms with Crippen molar-refractivity contribution in [2.24, 2.45) is 5.92 Å². The molecular weight excluding hydrogens is 435 g/mol. The Bertz CT molecular complexity index is 1070. The summed E-state index contributed by atoms with van der Waals surface area (Å²) >= 11 is 0. The van der Waals surface area contributed by atoms with Crippen LogP contribution in [0, 0.1) is 5.92 Å². The monoisotopic (exact) mass is 459 g/mol. The van der Waals surface area contributed by atoms with Gasteiger partial charge in [0.05, 0.1) is 5.56 Å². The second kappa shape index (κ2) is 8.88. The SMILES string of the molecule is CC(=O)N1CCc2cc(NC(=O)C3CCN(C(=O)c4ccc(C(F)(F)F)cc4)CC3)ccc21. The first-order valence-electron chi connectivity index (χ1n) is 10.8. The van der Waals surface area contributed by atoms with Crippen LogP contribution >= 0.6 is 0 Å². The molecule has 0 bridgehead atoms. The smallest absolute Gasteiger partial charge is 0.339 e. The molecule has 9 heteroatoms. The molecule has 0 atom stereocenters. The molecule has 2 aliphatic rings. The molecular formula is C24H24F3N3O3. The highest BCUT2D eigenvalue weighted by molar-refractivity contribution is 5.97. The van der Waals surface area contributed by atoms with Crippen molar-refractivity contribution in [3.8, 4) is 0 Å². The van der Waals surface area contributed by atoms with Crippen molar-refractivity contribution >= 4 is 29.1 Å². The van der Waals surface area contributed by atoms with E-state index in [1.54, 1.807) is 15.9 Å². The standard InChI is InChI=1S/C24H24F3N3O3/c1-15(31)30-13-10-18-14-20(6-7-21(18)30)28-22(32)16-8-11-29(12-9-16)23(33)17-2-4-19(5-3-17)24(25,26)27/h2-7,14,16H,8-13H2,1H3,(H,28,32). The number of piperidine rings is 1. The summed E-state index contributed by atoms with van der Waals surface area (Å²) in [6.45, 7) is 2.87. The zero-order chi connectivity index (χ0) is 23.8. The van der Waals surface area contributed by atoms with Crippen molar-refractivity contribution in [1.29, 1.82) is 0 Å². The van der Waals surface area contributed by atoms with E-state index in [1.165, 1.54) is 19.1 Å². The van der Waals surface area contributed by atoms with Gasteiger partial charge in [0.2, 0.25) is 11.8 Å². The van der Waals surface area contributed by atoms with Crippen molar-refractivity contribution in [3.05, 3.63) is 59.2 Å². The quantitative estimate of drug-likeness (QED) is 0.751. The van der Waals surface area contributed by atoms with E-state index in [4.69, 9.17) is 0 Å². The maximum Gasteiger partial charge on any atom is 0.416 e. The Hall–Kier alpha value is -3.36. The molecule has 0 unspecified atom stereocenters. The van der Waals surface area contributed by atoms with Crippen LogP contribution in [0.1, 0.15) is 41.3 Å². The highest BCUT2D eigenvalue weighted by Crippen LogP contribution is 2.32. The van der Waals surface area contributed by atoms with Crippen LogP contribution in [-0.4, -0.2) is 42.3 Å². The predicted octanol–water partition coefficient (Wildman–Crippen LogP) is 4.11. The number of nitrogens with one attached hydrogen (secondary N) is 1. The largest absolute Gasteiger partial charge is 0.416 e. The maximum absolute atomic E-state index is 12.7. The fourth-order valence-corrected chi connectivity index (χ4v) is 4.38. The van der Waals surface area contributed by atoms with E-state index in [0.717, 1.165) is 29.8 Å². The lowest BCUT2D eigenvalue weighted by Gasteiger charge is -2.31. The molecule has 6 nitrogen and oxygen atoms in total. The third-order valence-corrected chi connectivity index (χ3v) is 6.23. The number of fused-ring (bicyclic) bond motifs is 1. The van der Waals surface area contributed by atoms with Gasteiger partial charge in [-0.15, -0.1) is 0 Å². The Morgan fingerprint density at radius 3 is 2.24 bits per heavy atom. The number of carbonyl (C=O) groups is 3. The number of hydrogen-bond donors (Lipinski definition) is 1. The molecule has 3 amide bonds. The average molecular weight is 459 g/mol. The van der Waals surface area contributed by atoms with Gasteiger partial charge in [0.1, 0.15) is 0 Å². The van der Waals surface area contributed by atoms with Crippen molar-refractivity contribution in [1.82, 2.24) is 4.90 Å². The number of halogens is 3. The molecule has 0 spiro atoms. The summed E-state index contributed by atoms with van der Waals surface area (Å²) in [7, 11) is 0. The molecule has 0 aliphatic carbocycles. The lowest BCUT2D eigenvalue weighted by atomic mass is 9.95. The predicted molar refractivity (Wildman–Crippen MR) is 117 cm³/mol. The van der Waals surface area contributed by atoms with Crippen LogP contribution in [0.3, 0.4) is 0 Å². The number of nitrogens with zero attached hydrogens (tertiary/aromatic N) is 2. The van der Waals surface area contributed by atoms with Gasteiger partial charge in [0.25, 0.3) is 5.91 Å². The molecule has 1 fully saturated rings. The van der Waals surface area contributed by atoms with Crippen molar-refractivity contribution in [2.75, 3.05) is 29.9 Å². The Morgan fingerprint density at radius 1 is 0.970 bits per heavy atom. The van der Waals surface area contributed by atoms with Crippen LogP contribution in [0.5, 0.6) is 0 Å². The number of amides is 3. The second-order valence-corrected chi connectivity index (χ2v) is 8.39. The Kier molecular flexibility index (Phi) is 6.14.